The molecule has 0 N–H and O–H groups in total. The van der Waals surface area contributed by atoms with Crippen LogP contribution in [0.3, 0.4) is 0 Å². The summed E-state index contributed by atoms with van der Waals surface area (Å²) in [6.45, 7) is 0. The van der Waals surface area contributed by atoms with E-state index in [2.05, 4.69) is 9.78 Å². The van der Waals surface area contributed by atoms with Gasteiger partial charge in [-0.15, -0.1) is 0 Å². The summed E-state index contributed by atoms with van der Waals surface area (Å²) >= 11 is 0. The van der Waals surface area contributed by atoms with Crippen LogP contribution in [0, 0.1) is 0 Å². The second-order valence-electron chi connectivity index (χ2n) is 10.4. The zero-order valence-electron chi connectivity index (χ0n) is 24.5. The van der Waals surface area contributed by atoms with Crippen LogP contribution in [0.4, 0.5) is 0 Å². The molecule has 0 bridgehead atoms. The highest BCUT2D eigenvalue weighted by atomic mass is 17.2. The first-order chi connectivity index (χ1) is 22.5. The standard InChI is InChI=1S/C26H16O2.C14H10O4/c27-25-19-13-7-8-14-20(19)26(28)24-16-22(18-11-5-2-6-12-18)21(15-23(24)25)17-9-3-1-4-10-17;15-13(11-7-3-1-4-8-11)17-18-14(16)12-9-5-2-6-10-12/h1-16H;1-10H. The van der Waals surface area contributed by atoms with Gasteiger partial charge in [0.25, 0.3) is 0 Å². The molecular formula is C40H26O6. The van der Waals surface area contributed by atoms with Gasteiger partial charge in [0.15, 0.2) is 11.6 Å². The van der Waals surface area contributed by atoms with Crippen molar-refractivity contribution in [3.8, 4) is 22.3 Å². The molecule has 6 aromatic carbocycles. The second-order valence-corrected chi connectivity index (χ2v) is 10.4. The van der Waals surface area contributed by atoms with Crippen LogP contribution in [-0.2, 0) is 9.78 Å². The molecule has 0 aromatic heterocycles. The molecule has 0 amide bonds. The van der Waals surface area contributed by atoms with E-state index in [9.17, 15) is 19.2 Å². The fourth-order valence-electron chi connectivity index (χ4n) is 5.18. The lowest BCUT2D eigenvalue weighted by Gasteiger charge is -2.21. The molecule has 7 rings (SSSR count). The van der Waals surface area contributed by atoms with E-state index < -0.39 is 11.9 Å². The molecule has 0 spiro atoms. The minimum atomic E-state index is -0.708. The van der Waals surface area contributed by atoms with Gasteiger partial charge in [-0.2, -0.15) is 0 Å². The maximum Gasteiger partial charge on any atom is 0.386 e. The summed E-state index contributed by atoms with van der Waals surface area (Å²) in [7, 11) is 0. The Morgan fingerprint density at radius 2 is 0.652 bits per heavy atom. The van der Waals surface area contributed by atoms with Crippen molar-refractivity contribution >= 4 is 23.5 Å². The van der Waals surface area contributed by atoms with Crippen LogP contribution < -0.4 is 0 Å². The minimum absolute atomic E-state index is 0.0954. The molecule has 0 heterocycles. The predicted molar refractivity (Wildman–Crippen MR) is 174 cm³/mol. The Bertz CT molecular complexity index is 1890. The molecule has 0 atom stereocenters. The van der Waals surface area contributed by atoms with Gasteiger partial charge in [-0.1, -0.05) is 121 Å². The van der Waals surface area contributed by atoms with Gasteiger partial charge in [0, 0.05) is 22.3 Å². The molecule has 0 radical (unpaired) electrons. The van der Waals surface area contributed by atoms with Crippen molar-refractivity contribution < 1.29 is 29.0 Å². The topological polar surface area (TPSA) is 86.7 Å². The second kappa shape index (κ2) is 13.5. The normalized spacial score (nSPS) is 11.3. The molecule has 1 aliphatic rings. The highest BCUT2D eigenvalue weighted by molar-refractivity contribution is 6.29. The maximum absolute atomic E-state index is 13.1. The Kier molecular flexibility index (Phi) is 8.70. The fourth-order valence-corrected chi connectivity index (χ4v) is 5.18. The van der Waals surface area contributed by atoms with Crippen LogP contribution in [0.5, 0.6) is 0 Å². The number of ketones is 2. The molecule has 6 nitrogen and oxygen atoms in total. The molecule has 6 heteroatoms. The van der Waals surface area contributed by atoms with Crippen LogP contribution in [0.15, 0.2) is 158 Å². The maximum atomic E-state index is 13.1. The van der Waals surface area contributed by atoms with Crippen LogP contribution >= 0.6 is 0 Å². The fraction of sp³-hybridized carbons (Fsp3) is 0. The lowest BCUT2D eigenvalue weighted by atomic mass is 9.80. The highest BCUT2D eigenvalue weighted by Crippen LogP contribution is 2.38. The predicted octanol–water partition coefficient (Wildman–Crippen LogP) is 8.41. The van der Waals surface area contributed by atoms with Gasteiger partial charge in [-0.25, -0.2) is 19.4 Å². The van der Waals surface area contributed by atoms with Crippen LogP contribution in [0.25, 0.3) is 22.3 Å². The lowest BCUT2D eigenvalue weighted by molar-refractivity contribution is -0.187. The van der Waals surface area contributed by atoms with E-state index in [0.717, 1.165) is 22.3 Å². The third-order valence-electron chi connectivity index (χ3n) is 7.44. The lowest BCUT2D eigenvalue weighted by Crippen LogP contribution is -2.21. The summed E-state index contributed by atoms with van der Waals surface area (Å²) in [5, 5.41) is 0. The van der Waals surface area contributed by atoms with Crippen molar-refractivity contribution in [2.24, 2.45) is 0 Å². The van der Waals surface area contributed by atoms with E-state index in [0.29, 0.717) is 33.4 Å². The number of carbonyl (C=O) groups is 4. The Morgan fingerprint density at radius 3 is 1.00 bits per heavy atom. The van der Waals surface area contributed by atoms with Gasteiger partial charge in [0.2, 0.25) is 0 Å². The zero-order chi connectivity index (χ0) is 31.9. The Labute approximate surface area is 265 Å². The molecule has 6 aromatic rings. The van der Waals surface area contributed by atoms with E-state index in [-0.39, 0.29) is 11.6 Å². The van der Waals surface area contributed by atoms with Gasteiger partial charge in [-0.3, -0.25) is 9.59 Å². The first-order valence-corrected chi connectivity index (χ1v) is 14.5. The quantitative estimate of drug-likeness (QED) is 0.149. The van der Waals surface area contributed by atoms with Crippen molar-refractivity contribution in [3.05, 3.63) is 191 Å². The van der Waals surface area contributed by atoms with Crippen molar-refractivity contribution in [1.29, 1.82) is 0 Å². The molecule has 0 unspecified atom stereocenters. The Balaban J connectivity index is 0.000000179. The average molecular weight is 603 g/mol. The number of carbonyl (C=O) groups excluding carboxylic acids is 4. The smallest absolute Gasteiger partial charge is 0.289 e. The third kappa shape index (κ3) is 6.27. The van der Waals surface area contributed by atoms with E-state index in [1.165, 1.54) is 0 Å². The summed E-state index contributed by atoms with van der Waals surface area (Å²) in [5.74, 6) is -1.61. The number of fused-ring (bicyclic) bond motifs is 2. The molecule has 222 valence electrons. The Hall–Kier alpha value is -6.40. The highest BCUT2D eigenvalue weighted by Gasteiger charge is 2.30. The van der Waals surface area contributed by atoms with E-state index in [4.69, 9.17) is 0 Å². The zero-order valence-corrected chi connectivity index (χ0v) is 24.5. The minimum Gasteiger partial charge on any atom is -0.289 e. The third-order valence-corrected chi connectivity index (χ3v) is 7.44. The van der Waals surface area contributed by atoms with E-state index in [1.54, 1.807) is 84.9 Å². The number of hydrogen-bond acceptors (Lipinski definition) is 6. The van der Waals surface area contributed by atoms with Crippen LogP contribution in [0.2, 0.25) is 0 Å². The molecule has 0 fully saturated rings. The van der Waals surface area contributed by atoms with Crippen molar-refractivity contribution in [3.63, 3.8) is 0 Å². The summed E-state index contributed by atoms with van der Waals surface area (Å²) < 4.78 is 0. The first-order valence-electron chi connectivity index (χ1n) is 14.5. The SMILES string of the molecule is O=C(OOC(=O)c1ccccc1)c1ccccc1.O=C1c2ccccc2C(=O)c2cc(-c3ccccc3)c(-c3ccccc3)cc21. The summed E-state index contributed by atoms with van der Waals surface area (Å²) in [4.78, 5) is 58.1. The van der Waals surface area contributed by atoms with Gasteiger partial charge in [0.1, 0.15) is 0 Å². The van der Waals surface area contributed by atoms with E-state index >= 15 is 0 Å². The number of benzene rings is 6. The summed E-state index contributed by atoms with van der Waals surface area (Å²) in [5.41, 5.74) is 6.47. The summed E-state index contributed by atoms with van der Waals surface area (Å²) in [6, 6.07) is 47.3. The van der Waals surface area contributed by atoms with Crippen LogP contribution in [0.1, 0.15) is 52.6 Å². The largest absolute Gasteiger partial charge is 0.386 e. The molecule has 46 heavy (non-hydrogen) atoms. The molecule has 1 aliphatic carbocycles. The number of rotatable bonds is 4. The van der Waals surface area contributed by atoms with E-state index in [1.807, 2.05) is 72.8 Å². The number of hydrogen-bond donors (Lipinski definition) is 0. The Morgan fingerprint density at radius 1 is 0.348 bits per heavy atom. The average Bonchev–Trinajstić information content (AvgIpc) is 3.14. The molecule has 0 saturated heterocycles. The van der Waals surface area contributed by atoms with Gasteiger partial charge >= 0.3 is 11.9 Å². The molecule has 0 saturated carbocycles. The summed E-state index contributed by atoms with van der Waals surface area (Å²) in [6.07, 6.45) is 0. The van der Waals surface area contributed by atoms with Crippen molar-refractivity contribution in [2.75, 3.05) is 0 Å². The van der Waals surface area contributed by atoms with Crippen LogP contribution in [-0.4, -0.2) is 23.5 Å². The monoisotopic (exact) mass is 602 g/mol. The van der Waals surface area contributed by atoms with Gasteiger partial charge in [0.05, 0.1) is 11.1 Å². The van der Waals surface area contributed by atoms with Gasteiger partial charge < -0.3 is 0 Å². The molecule has 0 aliphatic heterocycles. The molecular weight excluding hydrogens is 576 g/mol. The van der Waals surface area contributed by atoms with Gasteiger partial charge in [-0.05, 0) is 58.7 Å². The van der Waals surface area contributed by atoms with Crippen molar-refractivity contribution in [2.45, 2.75) is 0 Å². The first kappa shape index (κ1) is 29.7. The van der Waals surface area contributed by atoms with Crippen molar-refractivity contribution in [1.82, 2.24) is 0 Å².